The molecular formula is C26H31NO3. The molecule has 0 radical (unpaired) electrons. The lowest BCUT2D eigenvalue weighted by atomic mass is 10.00. The Bertz CT molecular complexity index is 934. The van der Waals surface area contributed by atoms with Gasteiger partial charge in [0.15, 0.2) is 0 Å². The SMILES string of the molecule is CCc1cc(CCCN)cc(C)c1Oc1ccc(OCc2ccc(OC)cc2)cc1. The first kappa shape index (κ1) is 21.7. The Labute approximate surface area is 179 Å². The Hall–Kier alpha value is -2.98. The third kappa shape index (κ3) is 5.77. The Balaban J connectivity index is 1.64. The molecule has 0 aromatic heterocycles. The van der Waals surface area contributed by atoms with E-state index in [4.69, 9.17) is 19.9 Å². The normalized spacial score (nSPS) is 10.7. The number of benzene rings is 3. The maximum absolute atomic E-state index is 6.24. The van der Waals surface area contributed by atoms with E-state index in [2.05, 4.69) is 26.0 Å². The van der Waals surface area contributed by atoms with Gasteiger partial charge in [0.05, 0.1) is 7.11 Å². The molecule has 0 aliphatic rings. The predicted octanol–water partition coefficient (Wildman–Crippen LogP) is 5.83. The van der Waals surface area contributed by atoms with Gasteiger partial charge in [0.1, 0.15) is 29.6 Å². The highest BCUT2D eigenvalue weighted by Gasteiger charge is 2.10. The molecule has 0 saturated heterocycles. The zero-order valence-corrected chi connectivity index (χ0v) is 18.1. The van der Waals surface area contributed by atoms with Crippen LogP contribution in [0.4, 0.5) is 0 Å². The molecule has 0 spiro atoms. The molecular weight excluding hydrogens is 374 g/mol. The number of hydrogen-bond acceptors (Lipinski definition) is 4. The second-order valence-corrected chi connectivity index (χ2v) is 7.36. The van der Waals surface area contributed by atoms with Gasteiger partial charge in [-0.2, -0.15) is 0 Å². The molecule has 3 aromatic rings. The highest BCUT2D eigenvalue weighted by atomic mass is 16.5. The van der Waals surface area contributed by atoms with Crippen LogP contribution in [-0.2, 0) is 19.4 Å². The van der Waals surface area contributed by atoms with Crippen molar-refractivity contribution < 1.29 is 14.2 Å². The van der Waals surface area contributed by atoms with Gasteiger partial charge in [-0.15, -0.1) is 0 Å². The van der Waals surface area contributed by atoms with Gasteiger partial charge in [0.25, 0.3) is 0 Å². The lowest BCUT2D eigenvalue weighted by molar-refractivity contribution is 0.305. The minimum atomic E-state index is 0.507. The van der Waals surface area contributed by atoms with E-state index in [9.17, 15) is 0 Å². The standard InChI is InChI=1S/C26H31NO3/c1-4-22-17-21(6-5-15-27)16-19(2)26(22)30-25-13-11-24(12-14-25)29-18-20-7-9-23(28-3)10-8-20/h7-14,16-17H,4-6,15,18,27H2,1-3H3. The molecule has 158 valence electrons. The van der Waals surface area contributed by atoms with E-state index >= 15 is 0 Å². The van der Waals surface area contributed by atoms with Crippen LogP contribution < -0.4 is 19.9 Å². The predicted molar refractivity (Wildman–Crippen MR) is 122 cm³/mol. The van der Waals surface area contributed by atoms with E-state index in [1.807, 2.05) is 48.5 Å². The lowest BCUT2D eigenvalue weighted by Gasteiger charge is -2.16. The van der Waals surface area contributed by atoms with E-state index in [1.165, 1.54) is 11.1 Å². The number of nitrogens with two attached hydrogens (primary N) is 1. The Morgan fingerprint density at radius 2 is 1.50 bits per heavy atom. The van der Waals surface area contributed by atoms with Crippen LogP contribution in [0.2, 0.25) is 0 Å². The minimum Gasteiger partial charge on any atom is -0.497 e. The minimum absolute atomic E-state index is 0.507. The summed E-state index contributed by atoms with van der Waals surface area (Å²) < 4.78 is 17.3. The fourth-order valence-electron chi connectivity index (χ4n) is 3.40. The smallest absolute Gasteiger partial charge is 0.133 e. The van der Waals surface area contributed by atoms with Crippen molar-refractivity contribution in [3.63, 3.8) is 0 Å². The molecule has 0 fully saturated rings. The molecule has 0 bridgehead atoms. The van der Waals surface area contributed by atoms with E-state index in [1.54, 1.807) is 7.11 Å². The molecule has 2 N–H and O–H groups in total. The van der Waals surface area contributed by atoms with Crippen LogP contribution in [0.25, 0.3) is 0 Å². The van der Waals surface area contributed by atoms with Gasteiger partial charge in [-0.25, -0.2) is 0 Å². The average Bonchev–Trinajstić information content (AvgIpc) is 2.78. The van der Waals surface area contributed by atoms with Gasteiger partial charge < -0.3 is 19.9 Å². The fraction of sp³-hybridized carbons (Fsp3) is 0.308. The van der Waals surface area contributed by atoms with Crippen LogP contribution in [-0.4, -0.2) is 13.7 Å². The van der Waals surface area contributed by atoms with Crippen molar-refractivity contribution in [2.75, 3.05) is 13.7 Å². The quantitative estimate of drug-likeness (QED) is 0.461. The summed E-state index contributed by atoms with van der Waals surface area (Å²) in [4.78, 5) is 0. The van der Waals surface area contributed by atoms with Crippen molar-refractivity contribution in [2.45, 2.75) is 39.7 Å². The van der Waals surface area contributed by atoms with Gasteiger partial charge in [-0.3, -0.25) is 0 Å². The number of methoxy groups -OCH3 is 1. The van der Waals surface area contributed by atoms with Crippen molar-refractivity contribution in [1.29, 1.82) is 0 Å². The molecule has 4 heteroatoms. The van der Waals surface area contributed by atoms with E-state index in [0.717, 1.165) is 53.4 Å². The maximum Gasteiger partial charge on any atom is 0.133 e. The summed E-state index contributed by atoms with van der Waals surface area (Å²) in [5, 5.41) is 0. The number of aryl methyl sites for hydroxylation is 3. The van der Waals surface area contributed by atoms with Crippen LogP contribution in [0.5, 0.6) is 23.0 Å². The first-order valence-electron chi connectivity index (χ1n) is 10.5. The molecule has 0 atom stereocenters. The van der Waals surface area contributed by atoms with Crippen LogP contribution in [0.3, 0.4) is 0 Å². The van der Waals surface area contributed by atoms with E-state index in [0.29, 0.717) is 13.2 Å². The highest BCUT2D eigenvalue weighted by Crippen LogP contribution is 2.32. The summed E-state index contributed by atoms with van der Waals surface area (Å²) in [7, 11) is 1.66. The number of rotatable bonds is 10. The molecule has 0 amide bonds. The largest absolute Gasteiger partial charge is 0.497 e. The van der Waals surface area contributed by atoms with Crippen molar-refractivity contribution >= 4 is 0 Å². The molecule has 4 nitrogen and oxygen atoms in total. The van der Waals surface area contributed by atoms with Gasteiger partial charge in [0.2, 0.25) is 0 Å². The van der Waals surface area contributed by atoms with Gasteiger partial charge in [-0.05, 0) is 91.4 Å². The van der Waals surface area contributed by atoms with Crippen LogP contribution in [0, 0.1) is 6.92 Å². The molecule has 0 aliphatic heterocycles. The Morgan fingerprint density at radius 1 is 0.833 bits per heavy atom. The molecule has 3 rings (SSSR count). The molecule has 30 heavy (non-hydrogen) atoms. The first-order valence-corrected chi connectivity index (χ1v) is 10.5. The van der Waals surface area contributed by atoms with Crippen molar-refractivity contribution in [3.8, 4) is 23.0 Å². The maximum atomic E-state index is 6.24. The monoisotopic (exact) mass is 405 g/mol. The van der Waals surface area contributed by atoms with Crippen LogP contribution >= 0.6 is 0 Å². The van der Waals surface area contributed by atoms with Gasteiger partial charge >= 0.3 is 0 Å². The molecule has 3 aromatic carbocycles. The second kappa shape index (κ2) is 10.7. The third-order valence-electron chi connectivity index (χ3n) is 5.07. The zero-order valence-electron chi connectivity index (χ0n) is 18.1. The van der Waals surface area contributed by atoms with E-state index < -0.39 is 0 Å². The molecule has 0 aliphatic carbocycles. The summed E-state index contributed by atoms with van der Waals surface area (Å²) in [6.45, 7) is 5.48. The molecule has 0 unspecified atom stereocenters. The topological polar surface area (TPSA) is 53.7 Å². The van der Waals surface area contributed by atoms with E-state index in [-0.39, 0.29) is 0 Å². The van der Waals surface area contributed by atoms with Crippen LogP contribution in [0.1, 0.15) is 35.6 Å². The summed E-state index contributed by atoms with van der Waals surface area (Å²) in [5.41, 5.74) is 10.4. The number of ether oxygens (including phenoxy) is 3. The molecule has 0 heterocycles. The van der Waals surface area contributed by atoms with Gasteiger partial charge in [-0.1, -0.05) is 31.2 Å². The summed E-state index contributed by atoms with van der Waals surface area (Å²) in [5.74, 6) is 3.40. The number of hydrogen-bond donors (Lipinski definition) is 1. The van der Waals surface area contributed by atoms with Gasteiger partial charge in [0, 0.05) is 0 Å². The Morgan fingerprint density at radius 3 is 2.13 bits per heavy atom. The third-order valence-corrected chi connectivity index (χ3v) is 5.07. The second-order valence-electron chi connectivity index (χ2n) is 7.36. The summed E-state index contributed by atoms with van der Waals surface area (Å²) >= 11 is 0. The fourth-order valence-corrected chi connectivity index (χ4v) is 3.40. The Kier molecular flexibility index (Phi) is 7.75. The average molecular weight is 406 g/mol. The molecule has 0 saturated carbocycles. The lowest BCUT2D eigenvalue weighted by Crippen LogP contribution is -2.02. The zero-order chi connectivity index (χ0) is 21.3. The summed E-state index contributed by atoms with van der Waals surface area (Å²) in [6, 6.07) is 20.1. The van der Waals surface area contributed by atoms with Crippen molar-refractivity contribution in [1.82, 2.24) is 0 Å². The summed E-state index contributed by atoms with van der Waals surface area (Å²) in [6.07, 6.45) is 2.93. The van der Waals surface area contributed by atoms with Crippen molar-refractivity contribution in [2.24, 2.45) is 5.73 Å². The highest BCUT2D eigenvalue weighted by molar-refractivity contribution is 5.47. The van der Waals surface area contributed by atoms with Crippen LogP contribution in [0.15, 0.2) is 60.7 Å². The van der Waals surface area contributed by atoms with Crippen molar-refractivity contribution in [3.05, 3.63) is 82.9 Å². The first-order chi connectivity index (χ1) is 14.6.